The number of nitrogens with two attached hydrogens (primary N) is 1. The van der Waals surface area contributed by atoms with Crippen LogP contribution in [0.25, 0.3) is 10.9 Å². The third kappa shape index (κ3) is 5.64. The number of nitrogens with one attached hydrogen (secondary N) is 1. The minimum atomic E-state index is -2.37. The lowest BCUT2D eigenvalue weighted by atomic mass is 9.73. The number of fused-ring (bicyclic) bond motifs is 1. The van der Waals surface area contributed by atoms with Crippen molar-refractivity contribution in [1.82, 2.24) is 9.97 Å². The van der Waals surface area contributed by atoms with E-state index in [1.165, 1.54) is 44.1 Å². The highest BCUT2D eigenvalue weighted by Gasteiger charge is 2.35. The Balaban J connectivity index is 0.000000172. The number of primary amides is 1. The number of amides is 1. The third-order valence-electron chi connectivity index (χ3n) is 6.55. The van der Waals surface area contributed by atoms with Gasteiger partial charge in [-0.3, -0.25) is 14.6 Å². The van der Waals surface area contributed by atoms with Gasteiger partial charge in [-0.25, -0.2) is 8.78 Å². The summed E-state index contributed by atoms with van der Waals surface area (Å²) in [5.41, 5.74) is 5.39. The molecule has 5 nitrogen and oxygen atoms in total. The Hall–Kier alpha value is -2.31. The van der Waals surface area contributed by atoms with Crippen molar-refractivity contribution < 1.29 is 13.6 Å². The summed E-state index contributed by atoms with van der Waals surface area (Å²) in [6.07, 6.45) is 11.0. The van der Waals surface area contributed by atoms with Crippen LogP contribution >= 0.6 is 0 Å². The maximum absolute atomic E-state index is 13.3. The zero-order valence-electron chi connectivity index (χ0n) is 17.5. The van der Waals surface area contributed by atoms with Crippen molar-refractivity contribution in [3.05, 3.63) is 40.4 Å². The molecule has 0 radical (unpaired) electrons. The zero-order valence-corrected chi connectivity index (χ0v) is 17.5. The molecule has 164 valence electrons. The van der Waals surface area contributed by atoms with E-state index in [-0.39, 0.29) is 29.4 Å². The second-order valence-corrected chi connectivity index (χ2v) is 8.87. The standard InChI is InChI=1S/C14H24F2.C9H7N3O2/c1-11-4-2-5-13(10-11)12-6-3-8-14(15,16)9-7-12;10-9(14)8-7-5(1-3-12-8)11-4-2-6(7)13/h11-13H,2-10H2,1H3;1-4H,(H2,10,14)(H,11,13)/t11?,12?,13-;/m0./s1. The van der Waals surface area contributed by atoms with Crippen LogP contribution < -0.4 is 11.2 Å². The van der Waals surface area contributed by atoms with Crippen molar-refractivity contribution in [2.24, 2.45) is 23.5 Å². The molecule has 3 atom stereocenters. The Labute approximate surface area is 175 Å². The predicted octanol–water partition coefficient (Wildman–Crippen LogP) is 5.05. The van der Waals surface area contributed by atoms with Crippen LogP contribution in [0.5, 0.6) is 0 Å². The lowest BCUT2D eigenvalue weighted by Crippen LogP contribution is -2.22. The van der Waals surface area contributed by atoms with E-state index in [2.05, 4.69) is 16.9 Å². The van der Waals surface area contributed by atoms with Gasteiger partial charge in [0.05, 0.1) is 10.9 Å². The maximum Gasteiger partial charge on any atom is 0.268 e. The van der Waals surface area contributed by atoms with Crippen LogP contribution in [0, 0.1) is 17.8 Å². The van der Waals surface area contributed by atoms with Gasteiger partial charge in [0.15, 0.2) is 5.43 Å². The van der Waals surface area contributed by atoms with Crippen LogP contribution in [-0.2, 0) is 0 Å². The van der Waals surface area contributed by atoms with Crippen molar-refractivity contribution in [3.63, 3.8) is 0 Å². The molecule has 30 heavy (non-hydrogen) atoms. The number of aromatic nitrogens is 2. The molecular weight excluding hydrogens is 388 g/mol. The number of alkyl halides is 2. The van der Waals surface area contributed by atoms with E-state index in [1.807, 2.05) is 0 Å². The summed E-state index contributed by atoms with van der Waals surface area (Å²) < 4.78 is 26.6. The van der Waals surface area contributed by atoms with Gasteiger partial charge in [-0.15, -0.1) is 0 Å². The fourth-order valence-electron chi connectivity index (χ4n) is 4.98. The summed E-state index contributed by atoms with van der Waals surface area (Å²) in [6.45, 7) is 2.32. The van der Waals surface area contributed by atoms with Crippen LogP contribution in [-0.4, -0.2) is 21.8 Å². The molecule has 0 spiro atoms. The molecule has 2 saturated carbocycles. The number of carbonyl (C=O) groups is 1. The number of H-pyrrole nitrogens is 1. The Morgan fingerprint density at radius 1 is 1.13 bits per heavy atom. The lowest BCUT2D eigenvalue weighted by molar-refractivity contribution is -0.0157. The average molecular weight is 420 g/mol. The zero-order chi connectivity index (χ0) is 21.7. The van der Waals surface area contributed by atoms with Gasteiger partial charge in [-0.1, -0.05) is 26.2 Å². The maximum atomic E-state index is 13.3. The molecule has 7 heteroatoms. The topological polar surface area (TPSA) is 88.8 Å². The highest BCUT2D eigenvalue weighted by Crippen LogP contribution is 2.42. The minimum absolute atomic E-state index is 0.00403. The van der Waals surface area contributed by atoms with E-state index in [0.717, 1.165) is 31.1 Å². The monoisotopic (exact) mass is 419 g/mol. The number of hydrogen-bond donors (Lipinski definition) is 2. The molecule has 2 aliphatic carbocycles. The molecule has 2 aromatic heterocycles. The first-order chi connectivity index (χ1) is 14.3. The predicted molar refractivity (Wildman–Crippen MR) is 114 cm³/mol. The van der Waals surface area contributed by atoms with Gasteiger partial charge in [-0.05, 0) is 49.5 Å². The second-order valence-electron chi connectivity index (χ2n) is 8.87. The van der Waals surface area contributed by atoms with Gasteiger partial charge in [-0.2, -0.15) is 0 Å². The second kappa shape index (κ2) is 9.67. The highest BCUT2D eigenvalue weighted by atomic mass is 19.3. The molecule has 2 aromatic rings. The molecule has 2 aliphatic rings. The third-order valence-corrected chi connectivity index (χ3v) is 6.55. The fourth-order valence-corrected chi connectivity index (χ4v) is 4.98. The van der Waals surface area contributed by atoms with E-state index < -0.39 is 11.8 Å². The van der Waals surface area contributed by atoms with Crippen LogP contribution in [0.4, 0.5) is 8.78 Å². The van der Waals surface area contributed by atoms with Gasteiger partial charge in [0.2, 0.25) is 5.92 Å². The molecular formula is C23H31F2N3O2. The largest absolute Gasteiger partial charge is 0.364 e. The Morgan fingerprint density at radius 2 is 1.90 bits per heavy atom. The summed E-state index contributed by atoms with van der Waals surface area (Å²) in [5.74, 6) is -0.904. The molecule has 0 saturated heterocycles. The van der Waals surface area contributed by atoms with Gasteiger partial charge in [0.1, 0.15) is 5.69 Å². The van der Waals surface area contributed by atoms with Crippen LogP contribution in [0.3, 0.4) is 0 Å². The number of rotatable bonds is 2. The highest BCUT2D eigenvalue weighted by molar-refractivity contribution is 6.03. The van der Waals surface area contributed by atoms with E-state index >= 15 is 0 Å². The summed E-state index contributed by atoms with van der Waals surface area (Å²) >= 11 is 0. The molecule has 2 unspecified atom stereocenters. The molecule has 2 heterocycles. The first-order valence-electron chi connectivity index (χ1n) is 10.9. The normalized spacial score (nSPS) is 26.3. The van der Waals surface area contributed by atoms with Gasteiger partial charge in [0, 0.05) is 31.3 Å². The van der Waals surface area contributed by atoms with Crippen molar-refractivity contribution in [2.75, 3.05) is 0 Å². The number of pyridine rings is 2. The quantitative estimate of drug-likeness (QED) is 0.668. The van der Waals surface area contributed by atoms with E-state index in [0.29, 0.717) is 11.4 Å². The van der Waals surface area contributed by atoms with Gasteiger partial charge >= 0.3 is 0 Å². The number of hydrogen-bond acceptors (Lipinski definition) is 3. The average Bonchev–Trinajstić information content (AvgIpc) is 2.89. The smallest absolute Gasteiger partial charge is 0.268 e. The summed E-state index contributed by atoms with van der Waals surface area (Å²) in [5, 5.41) is 0.238. The Morgan fingerprint density at radius 3 is 2.63 bits per heavy atom. The number of nitrogens with zero attached hydrogens (tertiary/aromatic N) is 1. The molecule has 0 aromatic carbocycles. The SMILES string of the molecule is CC1CCC[C@H](C2CCCC(F)(F)CC2)C1.NC(=O)c1nccc2[nH]ccc(=O)c12. The van der Waals surface area contributed by atoms with Crippen LogP contribution in [0.1, 0.15) is 75.2 Å². The van der Waals surface area contributed by atoms with Crippen molar-refractivity contribution >= 4 is 16.8 Å². The number of halogens is 2. The first-order valence-corrected chi connectivity index (χ1v) is 10.9. The minimum Gasteiger partial charge on any atom is -0.364 e. The number of aromatic amines is 1. The molecule has 0 bridgehead atoms. The van der Waals surface area contributed by atoms with Gasteiger partial charge in [0.25, 0.3) is 5.91 Å². The molecule has 2 fully saturated rings. The molecule has 1 amide bonds. The van der Waals surface area contributed by atoms with E-state index in [9.17, 15) is 18.4 Å². The van der Waals surface area contributed by atoms with Crippen LogP contribution in [0.15, 0.2) is 29.3 Å². The Kier molecular flexibility index (Phi) is 7.21. The molecule has 4 rings (SSSR count). The van der Waals surface area contributed by atoms with Crippen molar-refractivity contribution in [2.45, 2.75) is 70.6 Å². The van der Waals surface area contributed by atoms with Gasteiger partial charge < -0.3 is 10.7 Å². The molecule has 0 aliphatic heterocycles. The Bertz CT molecular complexity index is 923. The van der Waals surface area contributed by atoms with Crippen molar-refractivity contribution in [1.29, 1.82) is 0 Å². The summed E-state index contributed by atoms with van der Waals surface area (Å²) in [4.78, 5) is 29.0. The summed E-state index contributed by atoms with van der Waals surface area (Å²) in [6, 6.07) is 2.94. The van der Waals surface area contributed by atoms with E-state index in [4.69, 9.17) is 5.73 Å². The summed E-state index contributed by atoms with van der Waals surface area (Å²) in [7, 11) is 0. The van der Waals surface area contributed by atoms with E-state index in [1.54, 1.807) is 6.07 Å². The fraction of sp³-hybridized carbons (Fsp3) is 0.609. The lowest BCUT2D eigenvalue weighted by Gasteiger charge is -2.32. The first kappa shape index (κ1) is 22.4. The molecule has 3 N–H and O–H groups in total. The van der Waals surface area contributed by atoms with Crippen LogP contribution in [0.2, 0.25) is 0 Å². The van der Waals surface area contributed by atoms with Crippen molar-refractivity contribution in [3.8, 4) is 0 Å². The number of carbonyl (C=O) groups excluding carboxylic acids is 1.